The SMILES string of the molecule is CCC1(C)CC2=CC(C)(CO[N+](=O)[O-])CC(CCN)(C2)C1. The molecule has 3 unspecified atom stereocenters. The fraction of sp³-hybridized carbons (Fsp3) is 0.875. The molecule has 2 N–H and O–H groups in total. The lowest BCUT2D eigenvalue weighted by Crippen LogP contribution is -2.45. The van der Waals surface area contributed by atoms with Crippen molar-refractivity contribution in [1.82, 2.24) is 0 Å². The Labute approximate surface area is 127 Å². The third-order valence-electron chi connectivity index (χ3n) is 5.42. The topological polar surface area (TPSA) is 78.4 Å². The lowest BCUT2D eigenvalue weighted by atomic mass is 9.51. The van der Waals surface area contributed by atoms with Gasteiger partial charge in [0.25, 0.3) is 5.09 Å². The van der Waals surface area contributed by atoms with Crippen LogP contribution in [0.3, 0.4) is 0 Å². The molecule has 0 aromatic carbocycles. The van der Waals surface area contributed by atoms with Crippen LogP contribution in [0.5, 0.6) is 0 Å². The Balaban J connectivity index is 2.28. The fourth-order valence-corrected chi connectivity index (χ4v) is 4.86. The van der Waals surface area contributed by atoms with Crippen LogP contribution in [-0.2, 0) is 4.84 Å². The van der Waals surface area contributed by atoms with Gasteiger partial charge in [0.2, 0.25) is 0 Å². The molecular weight excluding hydrogens is 268 g/mol. The van der Waals surface area contributed by atoms with Gasteiger partial charge in [0.15, 0.2) is 0 Å². The molecule has 3 atom stereocenters. The van der Waals surface area contributed by atoms with Gasteiger partial charge in [0, 0.05) is 5.41 Å². The number of fused-ring (bicyclic) bond motifs is 2. The third-order valence-corrected chi connectivity index (χ3v) is 5.42. The highest BCUT2D eigenvalue weighted by molar-refractivity contribution is 5.23. The zero-order valence-corrected chi connectivity index (χ0v) is 13.5. The smallest absolute Gasteiger partial charge is 0.294 e. The van der Waals surface area contributed by atoms with E-state index in [1.54, 1.807) is 0 Å². The normalized spacial score (nSPS) is 38.8. The van der Waals surface area contributed by atoms with E-state index in [1.165, 1.54) is 18.4 Å². The number of allylic oxidation sites excluding steroid dienone is 1. The molecule has 2 aliphatic carbocycles. The Morgan fingerprint density at radius 1 is 1.38 bits per heavy atom. The van der Waals surface area contributed by atoms with E-state index in [-0.39, 0.29) is 17.4 Å². The van der Waals surface area contributed by atoms with Gasteiger partial charge in [-0.05, 0) is 49.5 Å². The number of nitrogens with two attached hydrogens (primary N) is 1. The Hall–Kier alpha value is -1.10. The molecule has 1 fully saturated rings. The molecule has 0 aromatic rings. The second-order valence-electron chi connectivity index (χ2n) is 7.86. The molecule has 2 aliphatic rings. The minimum Gasteiger partial charge on any atom is -0.330 e. The zero-order valence-electron chi connectivity index (χ0n) is 13.5. The third kappa shape index (κ3) is 3.57. The summed E-state index contributed by atoms with van der Waals surface area (Å²) in [6.45, 7) is 7.53. The lowest BCUT2D eigenvalue weighted by molar-refractivity contribution is -0.760. The largest absolute Gasteiger partial charge is 0.330 e. The molecule has 0 radical (unpaired) electrons. The maximum Gasteiger partial charge on any atom is 0.294 e. The summed E-state index contributed by atoms with van der Waals surface area (Å²) in [4.78, 5) is 15.2. The molecule has 120 valence electrons. The van der Waals surface area contributed by atoms with Crippen LogP contribution in [0.2, 0.25) is 0 Å². The summed E-state index contributed by atoms with van der Waals surface area (Å²) in [6, 6.07) is 0. The maximum absolute atomic E-state index is 10.5. The number of hydrogen-bond acceptors (Lipinski definition) is 4. The highest BCUT2D eigenvalue weighted by Gasteiger charge is 2.49. The van der Waals surface area contributed by atoms with Crippen molar-refractivity contribution in [1.29, 1.82) is 0 Å². The second-order valence-corrected chi connectivity index (χ2v) is 7.86. The van der Waals surface area contributed by atoms with Crippen LogP contribution in [0.15, 0.2) is 11.6 Å². The Morgan fingerprint density at radius 3 is 2.67 bits per heavy atom. The van der Waals surface area contributed by atoms with E-state index >= 15 is 0 Å². The van der Waals surface area contributed by atoms with E-state index in [0.717, 1.165) is 25.7 Å². The average molecular weight is 296 g/mol. The predicted octanol–water partition coefficient (Wildman–Crippen LogP) is 3.47. The van der Waals surface area contributed by atoms with Crippen LogP contribution in [0.4, 0.5) is 0 Å². The van der Waals surface area contributed by atoms with Crippen LogP contribution in [0.1, 0.15) is 59.3 Å². The first kappa shape index (κ1) is 16.3. The highest BCUT2D eigenvalue weighted by Crippen LogP contribution is 2.59. The quantitative estimate of drug-likeness (QED) is 0.462. The Bertz CT molecular complexity index is 451. The van der Waals surface area contributed by atoms with Crippen molar-refractivity contribution in [2.45, 2.75) is 59.3 Å². The van der Waals surface area contributed by atoms with E-state index in [1.807, 2.05) is 0 Å². The minimum absolute atomic E-state index is 0.151. The van der Waals surface area contributed by atoms with Gasteiger partial charge in [-0.1, -0.05) is 38.8 Å². The van der Waals surface area contributed by atoms with Gasteiger partial charge < -0.3 is 10.6 Å². The van der Waals surface area contributed by atoms with Crippen molar-refractivity contribution in [3.05, 3.63) is 21.8 Å². The second kappa shape index (κ2) is 5.59. The van der Waals surface area contributed by atoms with Crippen molar-refractivity contribution in [3.63, 3.8) is 0 Å². The van der Waals surface area contributed by atoms with Gasteiger partial charge in [-0.25, -0.2) is 0 Å². The predicted molar refractivity (Wildman–Crippen MR) is 82.1 cm³/mol. The van der Waals surface area contributed by atoms with Crippen molar-refractivity contribution in [2.75, 3.05) is 13.2 Å². The summed E-state index contributed by atoms with van der Waals surface area (Å²) in [5.74, 6) is 0. The van der Waals surface area contributed by atoms with E-state index in [0.29, 0.717) is 12.0 Å². The first-order valence-corrected chi connectivity index (χ1v) is 7.92. The van der Waals surface area contributed by atoms with Crippen molar-refractivity contribution in [3.8, 4) is 0 Å². The van der Waals surface area contributed by atoms with Crippen molar-refractivity contribution in [2.24, 2.45) is 22.0 Å². The van der Waals surface area contributed by atoms with Crippen LogP contribution in [-0.4, -0.2) is 18.2 Å². The molecule has 0 spiro atoms. The first-order chi connectivity index (χ1) is 9.74. The first-order valence-electron chi connectivity index (χ1n) is 7.92. The van der Waals surface area contributed by atoms with E-state index in [4.69, 9.17) is 10.6 Å². The van der Waals surface area contributed by atoms with Crippen molar-refractivity contribution < 1.29 is 9.92 Å². The zero-order chi connectivity index (χ0) is 15.7. The molecule has 2 bridgehead atoms. The van der Waals surface area contributed by atoms with Gasteiger partial charge in [0.05, 0.1) is 0 Å². The molecule has 0 amide bonds. The monoisotopic (exact) mass is 296 g/mol. The molecular formula is C16H28N2O3. The number of nitrogens with zero attached hydrogens (tertiary/aromatic N) is 1. The molecule has 21 heavy (non-hydrogen) atoms. The summed E-state index contributed by atoms with van der Waals surface area (Å²) in [7, 11) is 0. The Kier molecular flexibility index (Phi) is 4.34. The standard InChI is InChI=1S/C16H28N2O3/c1-4-14(2)7-13-8-15(3,12-21-18(19)20)11-16(9-13,10-14)5-6-17/h8H,4-7,9-12,17H2,1-3H3. The Morgan fingerprint density at radius 2 is 2.10 bits per heavy atom. The summed E-state index contributed by atoms with van der Waals surface area (Å²) in [6.07, 6.45) is 8.71. The van der Waals surface area contributed by atoms with Crippen LogP contribution in [0, 0.1) is 26.4 Å². The number of hydrogen-bond donors (Lipinski definition) is 1. The van der Waals surface area contributed by atoms with Crippen LogP contribution >= 0.6 is 0 Å². The maximum atomic E-state index is 10.5. The molecule has 1 saturated carbocycles. The molecule has 0 aliphatic heterocycles. The van der Waals surface area contributed by atoms with E-state index in [2.05, 4.69) is 26.8 Å². The molecule has 2 rings (SSSR count). The molecule has 0 saturated heterocycles. The molecule has 0 heterocycles. The summed E-state index contributed by atoms with van der Waals surface area (Å²) < 4.78 is 0. The molecule has 5 nitrogen and oxygen atoms in total. The van der Waals surface area contributed by atoms with Gasteiger partial charge in [-0.2, -0.15) is 0 Å². The average Bonchev–Trinajstić information content (AvgIpc) is 2.35. The van der Waals surface area contributed by atoms with E-state index < -0.39 is 5.09 Å². The molecule has 5 heteroatoms. The van der Waals surface area contributed by atoms with Crippen LogP contribution in [0.25, 0.3) is 0 Å². The van der Waals surface area contributed by atoms with Gasteiger partial charge in [-0.3, -0.25) is 0 Å². The summed E-state index contributed by atoms with van der Waals surface area (Å²) >= 11 is 0. The summed E-state index contributed by atoms with van der Waals surface area (Å²) in [5, 5.41) is 9.85. The minimum atomic E-state index is -0.681. The fourth-order valence-electron chi connectivity index (χ4n) is 4.86. The number of rotatable bonds is 6. The molecule has 0 aromatic heterocycles. The van der Waals surface area contributed by atoms with Gasteiger partial charge in [0.1, 0.15) is 6.61 Å². The van der Waals surface area contributed by atoms with Crippen LogP contribution < -0.4 is 5.73 Å². The summed E-state index contributed by atoms with van der Waals surface area (Å²) in [5.41, 5.74) is 7.60. The lowest BCUT2D eigenvalue weighted by Gasteiger charge is -2.54. The van der Waals surface area contributed by atoms with E-state index in [9.17, 15) is 10.1 Å². The highest BCUT2D eigenvalue weighted by atomic mass is 16.9. The van der Waals surface area contributed by atoms with Gasteiger partial charge in [-0.15, -0.1) is 10.1 Å². The van der Waals surface area contributed by atoms with Crippen molar-refractivity contribution >= 4 is 0 Å². The van der Waals surface area contributed by atoms with Gasteiger partial charge >= 0.3 is 0 Å².